The lowest BCUT2D eigenvalue weighted by Crippen LogP contribution is -2.42. The zero-order chi connectivity index (χ0) is 20.5. The van der Waals surface area contributed by atoms with Gasteiger partial charge in [-0.15, -0.1) is 0 Å². The van der Waals surface area contributed by atoms with Crippen molar-refractivity contribution in [3.63, 3.8) is 0 Å². The normalized spacial score (nSPS) is 13.0. The van der Waals surface area contributed by atoms with Crippen molar-refractivity contribution in [2.45, 2.75) is 38.8 Å². The number of rotatable bonds is 11. The molecule has 0 spiro atoms. The molecule has 150 valence electrons. The van der Waals surface area contributed by atoms with E-state index in [0.29, 0.717) is 12.8 Å². The molecule has 0 saturated heterocycles. The highest BCUT2D eigenvalue weighted by Crippen LogP contribution is 2.23. The molecular formula is C21H23F2NO4. The molecule has 1 N–H and O–H groups in total. The molecule has 0 aromatic heterocycles. The van der Waals surface area contributed by atoms with Crippen LogP contribution < -0.4 is 0 Å². The van der Waals surface area contributed by atoms with E-state index in [1.54, 1.807) is 6.92 Å². The summed E-state index contributed by atoms with van der Waals surface area (Å²) in [5.74, 6) is -3.48. The SMILES string of the molecule is CCC(C(CCc1ccc(F)cc1F)C(=O)O)N(C=O)OCc1ccccc1. The minimum absolute atomic E-state index is 0.0788. The molecule has 0 bridgehead atoms. The Morgan fingerprint density at radius 3 is 2.50 bits per heavy atom. The number of nitrogens with zero attached hydrogens (tertiary/aromatic N) is 1. The Bertz CT molecular complexity index is 785. The summed E-state index contributed by atoms with van der Waals surface area (Å²) in [6.07, 6.45) is 0.988. The van der Waals surface area contributed by atoms with Gasteiger partial charge in [0.05, 0.1) is 12.0 Å². The Morgan fingerprint density at radius 2 is 1.93 bits per heavy atom. The lowest BCUT2D eigenvalue weighted by atomic mass is 9.90. The van der Waals surface area contributed by atoms with Gasteiger partial charge in [-0.1, -0.05) is 43.3 Å². The second-order valence-corrected chi connectivity index (χ2v) is 6.42. The highest BCUT2D eigenvalue weighted by atomic mass is 19.1. The fourth-order valence-corrected chi connectivity index (χ4v) is 3.09. The maximum atomic E-state index is 13.8. The van der Waals surface area contributed by atoms with Crippen molar-refractivity contribution in [1.82, 2.24) is 5.06 Å². The third-order valence-electron chi connectivity index (χ3n) is 4.59. The smallest absolute Gasteiger partial charge is 0.308 e. The number of carbonyl (C=O) groups excluding carboxylic acids is 1. The van der Waals surface area contributed by atoms with E-state index in [4.69, 9.17) is 4.84 Å². The molecule has 0 aliphatic rings. The quantitative estimate of drug-likeness (QED) is 0.465. The summed E-state index contributed by atoms with van der Waals surface area (Å²) in [6, 6.07) is 11.7. The van der Waals surface area contributed by atoms with Gasteiger partial charge in [-0.3, -0.25) is 14.4 Å². The number of carbonyl (C=O) groups is 2. The maximum Gasteiger partial charge on any atom is 0.308 e. The number of hydrogen-bond donors (Lipinski definition) is 1. The molecule has 0 radical (unpaired) electrons. The standard InChI is InChI=1S/C21H23F2NO4/c1-2-20(24(14-25)28-13-15-6-4-3-5-7-15)18(21(26)27)11-9-16-8-10-17(22)12-19(16)23/h3-8,10,12,14,18,20H,2,9,11,13H2,1H3,(H,26,27). The molecule has 0 aliphatic carbocycles. The first-order valence-electron chi connectivity index (χ1n) is 9.03. The van der Waals surface area contributed by atoms with Gasteiger partial charge in [-0.25, -0.2) is 13.8 Å². The lowest BCUT2D eigenvalue weighted by molar-refractivity contribution is -0.202. The van der Waals surface area contributed by atoms with Crippen LogP contribution in [0.25, 0.3) is 0 Å². The lowest BCUT2D eigenvalue weighted by Gasteiger charge is -2.31. The van der Waals surface area contributed by atoms with Gasteiger partial charge in [0.2, 0.25) is 6.41 Å². The van der Waals surface area contributed by atoms with Crippen LogP contribution in [0.3, 0.4) is 0 Å². The van der Waals surface area contributed by atoms with Crippen molar-refractivity contribution in [1.29, 1.82) is 0 Å². The molecule has 28 heavy (non-hydrogen) atoms. The number of aryl methyl sites for hydroxylation is 1. The van der Waals surface area contributed by atoms with Crippen molar-refractivity contribution < 1.29 is 28.3 Å². The minimum atomic E-state index is -1.11. The largest absolute Gasteiger partial charge is 0.481 e. The van der Waals surface area contributed by atoms with Crippen molar-refractivity contribution in [3.8, 4) is 0 Å². The molecule has 1 amide bonds. The van der Waals surface area contributed by atoms with E-state index in [9.17, 15) is 23.5 Å². The summed E-state index contributed by atoms with van der Waals surface area (Å²) < 4.78 is 26.9. The van der Waals surface area contributed by atoms with Crippen LogP contribution in [-0.4, -0.2) is 28.6 Å². The molecule has 2 unspecified atom stereocenters. The number of hydroxylamine groups is 2. The second kappa shape index (κ2) is 10.5. The molecule has 2 aromatic carbocycles. The number of carboxylic acids is 1. The number of hydrogen-bond acceptors (Lipinski definition) is 3. The van der Waals surface area contributed by atoms with E-state index in [1.807, 2.05) is 30.3 Å². The third kappa shape index (κ3) is 5.85. The average Bonchev–Trinajstić information content (AvgIpc) is 2.68. The Labute approximate surface area is 162 Å². The summed E-state index contributed by atoms with van der Waals surface area (Å²) in [7, 11) is 0. The number of benzene rings is 2. The third-order valence-corrected chi connectivity index (χ3v) is 4.59. The van der Waals surface area contributed by atoms with E-state index >= 15 is 0 Å². The number of amides is 1. The number of carboxylic acid groups (broad SMARTS) is 1. The molecular weight excluding hydrogens is 368 g/mol. The molecule has 0 heterocycles. The fourth-order valence-electron chi connectivity index (χ4n) is 3.09. The minimum Gasteiger partial charge on any atom is -0.481 e. The average molecular weight is 391 g/mol. The second-order valence-electron chi connectivity index (χ2n) is 6.42. The van der Waals surface area contributed by atoms with Crippen LogP contribution in [0.1, 0.15) is 30.9 Å². The van der Waals surface area contributed by atoms with Crippen molar-refractivity contribution >= 4 is 12.4 Å². The van der Waals surface area contributed by atoms with Gasteiger partial charge < -0.3 is 5.11 Å². The van der Waals surface area contributed by atoms with Gasteiger partial charge in [0, 0.05) is 6.07 Å². The molecule has 5 nitrogen and oxygen atoms in total. The van der Waals surface area contributed by atoms with Crippen LogP contribution in [0.15, 0.2) is 48.5 Å². The van der Waals surface area contributed by atoms with E-state index in [0.717, 1.165) is 22.8 Å². The van der Waals surface area contributed by atoms with Gasteiger partial charge in [0.15, 0.2) is 0 Å². The molecule has 2 atom stereocenters. The van der Waals surface area contributed by atoms with Crippen LogP contribution in [0.5, 0.6) is 0 Å². The fraction of sp³-hybridized carbons (Fsp3) is 0.333. The molecule has 0 saturated carbocycles. The zero-order valence-corrected chi connectivity index (χ0v) is 15.6. The van der Waals surface area contributed by atoms with Gasteiger partial charge in [0.1, 0.15) is 18.2 Å². The topological polar surface area (TPSA) is 66.8 Å². The van der Waals surface area contributed by atoms with Gasteiger partial charge in [-0.2, -0.15) is 0 Å². The molecule has 2 rings (SSSR count). The Morgan fingerprint density at radius 1 is 1.21 bits per heavy atom. The molecule has 0 fully saturated rings. The summed E-state index contributed by atoms with van der Waals surface area (Å²) in [6.45, 7) is 1.87. The van der Waals surface area contributed by atoms with Crippen LogP contribution >= 0.6 is 0 Å². The highest BCUT2D eigenvalue weighted by molar-refractivity contribution is 5.71. The van der Waals surface area contributed by atoms with E-state index in [1.165, 1.54) is 6.07 Å². The van der Waals surface area contributed by atoms with E-state index in [-0.39, 0.29) is 25.0 Å². The van der Waals surface area contributed by atoms with Crippen LogP contribution in [0, 0.1) is 17.6 Å². The van der Waals surface area contributed by atoms with E-state index < -0.39 is 29.6 Å². The Kier molecular flexibility index (Phi) is 8.07. The number of aliphatic carboxylic acids is 1. The first kappa shape index (κ1) is 21.5. The van der Waals surface area contributed by atoms with E-state index in [2.05, 4.69) is 0 Å². The Balaban J connectivity index is 2.08. The molecule has 2 aromatic rings. The monoisotopic (exact) mass is 391 g/mol. The maximum absolute atomic E-state index is 13.8. The summed E-state index contributed by atoms with van der Waals surface area (Å²) >= 11 is 0. The van der Waals surface area contributed by atoms with Crippen LogP contribution in [-0.2, 0) is 27.5 Å². The summed E-state index contributed by atoms with van der Waals surface area (Å²) in [5.41, 5.74) is 1.06. The molecule has 0 aliphatic heterocycles. The van der Waals surface area contributed by atoms with Gasteiger partial charge >= 0.3 is 5.97 Å². The van der Waals surface area contributed by atoms with Gasteiger partial charge in [0.25, 0.3) is 0 Å². The van der Waals surface area contributed by atoms with Crippen molar-refractivity contribution in [3.05, 3.63) is 71.3 Å². The summed E-state index contributed by atoms with van der Waals surface area (Å²) in [5, 5.41) is 10.7. The zero-order valence-electron chi connectivity index (χ0n) is 15.6. The predicted molar refractivity (Wildman–Crippen MR) is 99.0 cm³/mol. The molecule has 7 heteroatoms. The first-order valence-corrected chi connectivity index (χ1v) is 9.03. The van der Waals surface area contributed by atoms with Gasteiger partial charge in [-0.05, 0) is 36.5 Å². The van der Waals surface area contributed by atoms with Crippen LogP contribution in [0.2, 0.25) is 0 Å². The summed E-state index contributed by atoms with van der Waals surface area (Å²) in [4.78, 5) is 28.9. The first-order chi connectivity index (χ1) is 13.5. The predicted octanol–water partition coefficient (Wildman–Crippen LogP) is 3.97. The van der Waals surface area contributed by atoms with Crippen molar-refractivity contribution in [2.24, 2.45) is 5.92 Å². The highest BCUT2D eigenvalue weighted by Gasteiger charge is 2.32. The Hall–Kier alpha value is -2.80. The van der Waals surface area contributed by atoms with Crippen LogP contribution in [0.4, 0.5) is 8.78 Å². The van der Waals surface area contributed by atoms with Crippen molar-refractivity contribution in [2.75, 3.05) is 0 Å². The number of halogens is 2.